The molecule has 20 heavy (non-hydrogen) atoms. The van der Waals surface area contributed by atoms with Crippen LogP contribution < -0.4 is 5.32 Å². The highest BCUT2D eigenvalue weighted by atomic mass is 79.9. The minimum atomic E-state index is 0.172. The third-order valence-corrected chi connectivity index (χ3v) is 4.26. The van der Waals surface area contributed by atoms with Gasteiger partial charge >= 0.3 is 0 Å². The Morgan fingerprint density at radius 1 is 1.45 bits per heavy atom. The Balaban J connectivity index is 1.78. The van der Waals surface area contributed by atoms with Gasteiger partial charge in [0.15, 0.2) is 0 Å². The van der Waals surface area contributed by atoms with Gasteiger partial charge in [0.2, 0.25) is 11.7 Å². The molecule has 2 aromatic heterocycles. The molecule has 1 aliphatic rings. The molecule has 1 N–H and O–H groups in total. The maximum atomic E-state index is 5.41. The average molecular weight is 337 g/mol. The van der Waals surface area contributed by atoms with Crippen LogP contribution in [0.25, 0.3) is 11.5 Å². The van der Waals surface area contributed by atoms with Crippen LogP contribution in [0, 0.1) is 5.92 Å². The van der Waals surface area contributed by atoms with Crippen LogP contribution in [0.2, 0.25) is 0 Å². The summed E-state index contributed by atoms with van der Waals surface area (Å²) in [4.78, 5) is 8.77. The van der Waals surface area contributed by atoms with Gasteiger partial charge in [-0.1, -0.05) is 18.5 Å². The Hall–Kier alpha value is -1.27. The van der Waals surface area contributed by atoms with Crippen molar-refractivity contribution in [3.05, 3.63) is 28.7 Å². The minimum absolute atomic E-state index is 0.172. The lowest BCUT2D eigenvalue weighted by Gasteiger charge is -2.27. The summed E-state index contributed by atoms with van der Waals surface area (Å²) in [7, 11) is 0. The van der Waals surface area contributed by atoms with E-state index in [9.17, 15) is 0 Å². The summed E-state index contributed by atoms with van der Waals surface area (Å²) in [5, 5.41) is 7.49. The Morgan fingerprint density at radius 2 is 2.35 bits per heavy atom. The van der Waals surface area contributed by atoms with E-state index < -0.39 is 0 Å². The van der Waals surface area contributed by atoms with Crippen molar-refractivity contribution in [2.24, 2.45) is 5.92 Å². The van der Waals surface area contributed by atoms with Gasteiger partial charge in [-0.05, 0) is 53.4 Å². The number of piperidine rings is 1. The predicted molar refractivity (Wildman–Crippen MR) is 79.0 cm³/mol. The molecule has 0 aromatic carbocycles. The van der Waals surface area contributed by atoms with Crippen molar-refractivity contribution in [2.45, 2.75) is 32.2 Å². The van der Waals surface area contributed by atoms with Gasteiger partial charge in [-0.25, -0.2) is 0 Å². The number of nitrogens with one attached hydrogen (secondary N) is 1. The quantitative estimate of drug-likeness (QED) is 0.931. The third kappa shape index (κ3) is 2.91. The Kier molecular flexibility index (Phi) is 4.12. The second-order valence-corrected chi connectivity index (χ2v) is 6.04. The van der Waals surface area contributed by atoms with Crippen LogP contribution in [0.15, 0.2) is 27.3 Å². The lowest BCUT2D eigenvalue weighted by molar-refractivity contribution is 0.246. The van der Waals surface area contributed by atoms with Gasteiger partial charge in [0.25, 0.3) is 0 Å². The van der Waals surface area contributed by atoms with E-state index in [1.54, 1.807) is 6.20 Å². The third-order valence-electron chi connectivity index (χ3n) is 3.79. The molecule has 6 heteroatoms. The van der Waals surface area contributed by atoms with Crippen molar-refractivity contribution < 1.29 is 4.52 Å². The minimum Gasteiger partial charge on any atom is -0.337 e. The number of nitrogens with zero attached hydrogens (tertiary/aromatic N) is 3. The monoisotopic (exact) mass is 336 g/mol. The Labute approximate surface area is 126 Å². The van der Waals surface area contributed by atoms with Gasteiger partial charge in [0, 0.05) is 10.7 Å². The predicted octanol–water partition coefficient (Wildman–Crippen LogP) is 3.34. The Bertz CT molecular complexity index is 569. The van der Waals surface area contributed by atoms with Crippen LogP contribution in [-0.2, 0) is 0 Å². The zero-order chi connectivity index (χ0) is 13.9. The molecule has 1 fully saturated rings. The molecule has 1 aliphatic heterocycles. The van der Waals surface area contributed by atoms with E-state index in [2.05, 4.69) is 43.3 Å². The zero-order valence-electron chi connectivity index (χ0n) is 11.3. The standard InChI is InChI=1S/C14H17BrN4O/c1-2-9-5-6-16-12(7-9)14-18-13(19-20-14)11-4-3-10(15)8-17-11/h3-4,8-9,12,16H,2,5-7H2,1H3. The van der Waals surface area contributed by atoms with Crippen molar-refractivity contribution in [3.63, 3.8) is 0 Å². The summed E-state index contributed by atoms with van der Waals surface area (Å²) < 4.78 is 6.34. The van der Waals surface area contributed by atoms with Crippen LogP contribution in [0.1, 0.15) is 38.1 Å². The first-order chi connectivity index (χ1) is 9.76. The molecule has 0 saturated carbocycles. The second-order valence-electron chi connectivity index (χ2n) is 5.12. The van der Waals surface area contributed by atoms with Gasteiger partial charge in [-0.15, -0.1) is 0 Å². The number of aromatic nitrogens is 3. The highest BCUT2D eigenvalue weighted by Crippen LogP contribution is 2.29. The van der Waals surface area contributed by atoms with Gasteiger partial charge in [-0.2, -0.15) is 4.98 Å². The van der Waals surface area contributed by atoms with Crippen LogP contribution in [0.3, 0.4) is 0 Å². The summed E-state index contributed by atoms with van der Waals surface area (Å²) in [6.07, 6.45) is 5.22. The molecule has 0 aliphatic carbocycles. The molecule has 5 nitrogen and oxygen atoms in total. The number of pyridine rings is 1. The molecule has 106 valence electrons. The summed E-state index contributed by atoms with van der Waals surface area (Å²) in [5.41, 5.74) is 0.728. The first-order valence-corrected chi connectivity index (χ1v) is 7.74. The van der Waals surface area contributed by atoms with E-state index in [1.165, 1.54) is 12.8 Å². The maximum Gasteiger partial charge on any atom is 0.244 e. The van der Waals surface area contributed by atoms with Crippen molar-refractivity contribution >= 4 is 15.9 Å². The highest BCUT2D eigenvalue weighted by molar-refractivity contribution is 9.10. The maximum absolute atomic E-state index is 5.41. The molecule has 3 heterocycles. The number of halogens is 1. The number of hydrogen-bond acceptors (Lipinski definition) is 5. The molecule has 0 spiro atoms. The largest absolute Gasteiger partial charge is 0.337 e. The fourth-order valence-corrected chi connectivity index (χ4v) is 2.78. The fraction of sp³-hybridized carbons (Fsp3) is 0.500. The van der Waals surface area contributed by atoms with Gasteiger partial charge < -0.3 is 9.84 Å². The summed E-state index contributed by atoms with van der Waals surface area (Å²) in [5.74, 6) is 1.96. The van der Waals surface area contributed by atoms with E-state index in [-0.39, 0.29) is 6.04 Å². The summed E-state index contributed by atoms with van der Waals surface area (Å²) >= 11 is 3.36. The fourth-order valence-electron chi connectivity index (χ4n) is 2.54. The van der Waals surface area contributed by atoms with Crippen molar-refractivity contribution in [1.82, 2.24) is 20.4 Å². The van der Waals surface area contributed by atoms with Crippen molar-refractivity contribution in [3.8, 4) is 11.5 Å². The van der Waals surface area contributed by atoms with E-state index >= 15 is 0 Å². The first-order valence-electron chi connectivity index (χ1n) is 6.95. The normalized spacial score (nSPS) is 22.9. The van der Waals surface area contributed by atoms with Gasteiger partial charge in [0.1, 0.15) is 5.69 Å². The molecule has 2 aromatic rings. The van der Waals surface area contributed by atoms with Crippen LogP contribution >= 0.6 is 15.9 Å². The molecule has 0 bridgehead atoms. The molecular formula is C14H17BrN4O. The van der Waals surface area contributed by atoms with Crippen LogP contribution in [0.4, 0.5) is 0 Å². The Morgan fingerprint density at radius 3 is 3.10 bits per heavy atom. The molecule has 0 radical (unpaired) electrons. The zero-order valence-corrected chi connectivity index (χ0v) is 12.9. The lowest BCUT2D eigenvalue weighted by atomic mass is 9.90. The molecular weight excluding hydrogens is 320 g/mol. The smallest absolute Gasteiger partial charge is 0.244 e. The average Bonchev–Trinajstić information content (AvgIpc) is 2.98. The highest BCUT2D eigenvalue weighted by Gasteiger charge is 2.26. The molecule has 1 saturated heterocycles. The van der Waals surface area contributed by atoms with Crippen molar-refractivity contribution in [1.29, 1.82) is 0 Å². The summed E-state index contributed by atoms with van der Waals surface area (Å²) in [6, 6.07) is 3.97. The SMILES string of the molecule is CCC1CCNC(c2nc(-c3ccc(Br)cn3)no2)C1. The van der Waals surface area contributed by atoms with Crippen molar-refractivity contribution in [2.75, 3.05) is 6.54 Å². The lowest BCUT2D eigenvalue weighted by Crippen LogP contribution is -2.31. The molecule has 0 amide bonds. The van der Waals surface area contributed by atoms with E-state index in [1.807, 2.05) is 12.1 Å². The van der Waals surface area contributed by atoms with Gasteiger partial charge in [0.05, 0.1) is 6.04 Å². The van der Waals surface area contributed by atoms with Crippen LogP contribution in [-0.4, -0.2) is 21.7 Å². The van der Waals surface area contributed by atoms with E-state index in [4.69, 9.17) is 4.52 Å². The van der Waals surface area contributed by atoms with Gasteiger partial charge in [-0.3, -0.25) is 4.98 Å². The molecule has 3 rings (SSSR count). The molecule has 2 unspecified atom stereocenters. The van der Waals surface area contributed by atoms with E-state index in [0.717, 1.165) is 29.1 Å². The molecule has 2 atom stereocenters. The van der Waals surface area contributed by atoms with Crippen LogP contribution in [0.5, 0.6) is 0 Å². The number of rotatable bonds is 3. The number of hydrogen-bond donors (Lipinski definition) is 1. The second kappa shape index (κ2) is 6.01. The summed E-state index contributed by atoms with van der Waals surface area (Å²) in [6.45, 7) is 3.25. The first kappa shape index (κ1) is 13.7. The van der Waals surface area contributed by atoms with E-state index in [0.29, 0.717) is 11.7 Å². The topological polar surface area (TPSA) is 63.8 Å².